The van der Waals surface area contributed by atoms with Crippen molar-refractivity contribution >= 4 is 50.7 Å². The van der Waals surface area contributed by atoms with Gasteiger partial charge in [-0.15, -0.1) is 11.8 Å². The second-order valence-electron chi connectivity index (χ2n) is 14.6. The summed E-state index contributed by atoms with van der Waals surface area (Å²) >= 11 is 7.90. The molecule has 1 atom stereocenters. The van der Waals surface area contributed by atoms with E-state index in [0.29, 0.717) is 13.1 Å². The van der Waals surface area contributed by atoms with E-state index in [2.05, 4.69) is 73.3 Å². The van der Waals surface area contributed by atoms with Gasteiger partial charge in [0.25, 0.3) is 15.9 Å². The number of thioether (sulfide) groups is 1. The Kier molecular flexibility index (Phi) is 13.0. The number of benzene rings is 5. The Morgan fingerprint density at radius 2 is 1.55 bits per heavy atom. The zero-order chi connectivity index (χ0) is 39.1. The Hall–Kier alpha value is -4.36. The summed E-state index contributed by atoms with van der Waals surface area (Å²) < 4.78 is 29.1. The summed E-state index contributed by atoms with van der Waals surface area (Å²) in [6.07, 6.45) is 0.629. The fourth-order valence-electron chi connectivity index (χ4n) is 7.20. The number of nitrogens with one attached hydrogen (secondary N) is 2. The molecule has 7 rings (SSSR count). The number of nitrogens with zero attached hydrogens (tertiary/aromatic N) is 3. The number of piperazine rings is 1. The van der Waals surface area contributed by atoms with Crippen LogP contribution < -0.4 is 14.9 Å². The molecule has 9 nitrogen and oxygen atoms in total. The van der Waals surface area contributed by atoms with Gasteiger partial charge in [0.05, 0.1) is 11.0 Å². The van der Waals surface area contributed by atoms with Crippen molar-refractivity contribution < 1.29 is 18.3 Å². The highest BCUT2D eigenvalue weighted by molar-refractivity contribution is 7.99. The number of sulfonamides is 1. The molecule has 0 radical (unpaired) electrons. The Labute approximate surface area is 339 Å². The highest BCUT2D eigenvalue weighted by Crippen LogP contribution is 2.28. The lowest BCUT2D eigenvalue weighted by Crippen LogP contribution is -2.51. The van der Waals surface area contributed by atoms with Crippen molar-refractivity contribution in [2.75, 3.05) is 61.8 Å². The van der Waals surface area contributed by atoms with Crippen LogP contribution in [0.3, 0.4) is 0 Å². The van der Waals surface area contributed by atoms with Gasteiger partial charge in [0.2, 0.25) is 0 Å². The Morgan fingerprint density at radius 3 is 2.25 bits per heavy atom. The smallest absolute Gasteiger partial charge is 0.264 e. The van der Waals surface area contributed by atoms with Gasteiger partial charge in [-0.25, -0.2) is 13.1 Å². The van der Waals surface area contributed by atoms with Crippen molar-refractivity contribution in [2.45, 2.75) is 41.8 Å². The largest absolute Gasteiger partial charge is 0.390 e. The maximum Gasteiger partial charge on any atom is 0.264 e. The first-order valence-corrected chi connectivity index (χ1v) is 21.9. The predicted octanol–water partition coefficient (Wildman–Crippen LogP) is 7.40. The number of likely N-dealkylation sites (tertiary alicyclic amines) is 1. The molecule has 56 heavy (non-hydrogen) atoms. The van der Waals surface area contributed by atoms with Crippen LogP contribution >= 0.6 is 23.4 Å². The molecule has 2 aliphatic heterocycles. The summed E-state index contributed by atoms with van der Waals surface area (Å²) in [5.74, 6) is 0.154. The van der Waals surface area contributed by atoms with Crippen molar-refractivity contribution in [1.29, 1.82) is 0 Å². The molecule has 0 unspecified atom stereocenters. The number of aliphatic hydroxyl groups is 1. The lowest BCUT2D eigenvalue weighted by molar-refractivity contribution is 0.00139. The Bertz CT molecular complexity index is 2190. The molecule has 0 aromatic heterocycles. The van der Waals surface area contributed by atoms with Gasteiger partial charge in [0.15, 0.2) is 0 Å². The number of hydrogen-bond acceptors (Lipinski definition) is 9. The van der Waals surface area contributed by atoms with Gasteiger partial charge >= 0.3 is 0 Å². The third-order valence-electron chi connectivity index (χ3n) is 10.5. The van der Waals surface area contributed by atoms with Crippen molar-refractivity contribution in [2.24, 2.45) is 0 Å². The molecule has 5 aromatic rings. The first-order valence-electron chi connectivity index (χ1n) is 19.0. The molecule has 1 amide bonds. The molecule has 12 heteroatoms. The number of carbonyl (C=O) groups excluding carboxylic acids is 1. The van der Waals surface area contributed by atoms with E-state index in [1.807, 2.05) is 49.4 Å². The molecule has 3 N–H and O–H groups in total. The minimum Gasteiger partial charge on any atom is -0.390 e. The number of halogens is 1. The second-order valence-corrected chi connectivity index (χ2v) is 17.8. The first-order chi connectivity index (χ1) is 27.1. The van der Waals surface area contributed by atoms with Gasteiger partial charge in [-0.2, -0.15) is 0 Å². The van der Waals surface area contributed by atoms with Gasteiger partial charge in [-0.3, -0.25) is 14.6 Å². The van der Waals surface area contributed by atoms with E-state index in [1.165, 1.54) is 22.1 Å². The number of aliphatic hydroxyl groups excluding tert-OH is 1. The van der Waals surface area contributed by atoms with E-state index in [1.54, 1.807) is 36.0 Å². The average molecular weight is 810 g/mol. The first kappa shape index (κ1) is 39.9. The average Bonchev–Trinajstić information content (AvgIpc) is 3.20. The van der Waals surface area contributed by atoms with Crippen molar-refractivity contribution in [3.63, 3.8) is 0 Å². The van der Waals surface area contributed by atoms with Gasteiger partial charge in [0, 0.05) is 91.0 Å². The summed E-state index contributed by atoms with van der Waals surface area (Å²) in [6, 6.07) is 38.8. The van der Waals surface area contributed by atoms with Gasteiger partial charge in [-0.1, -0.05) is 66.2 Å². The standard InChI is InChI=1S/C44H48ClN5O4S2/c1-32-27-41(19-20-43(32)46-37(21-22-49-29-39(51)30-49)31-55-40-8-3-2-4-9-40)56(53,54)47-44(52)34-13-17-38(18-14-34)50-25-23-48(24-26-50)28-35-7-5-6-10-42(35)33-11-15-36(45)16-12-33/h2-20,27,37,39,46,51H,21-26,28-31H2,1H3,(H,47,52)/t37-/m1/s1. The monoisotopic (exact) mass is 809 g/mol. The maximum atomic E-state index is 13.4. The van der Waals surface area contributed by atoms with Crippen molar-refractivity contribution in [1.82, 2.24) is 14.5 Å². The second kappa shape index (κ2) is 18.3. The fourth-order valence-corrected chi connectivity index (χ4v) is 9.38. The molecular weight excluding hydrogens is 762 g/mol. The normalized spacial score (nSPS) is 15.9. The molecular formula is C44H48ClN5O4S2. The van der Waals surface area contributed by atoms with Gasteiger partial charge in [0.1, 0.15) is 0 Å². The lowest BCUT2D eigenvalue weighted by atomic mass is 9.99. The molecule has 2 saturated heterocycles. The molecule has 2 fully saturated rings. The third kappa shape index (κ3) is 10.3. The molecule has 0 bridgehead atoms. The molecule has 292 valence electrons. The number of β-amino-alcohol motifs (C(OH)–C–C–N with tert-alkyl or cyclic N) is 1. The van der Waals surface area contributed by atoms with Crippen LogP contribution in [0.25, 0.3) is 11.1 Å². The number of carbonyl (C=O) groups is 1. The summed E-state index contributed by atoms with van der Waals surface area (Å²) in [6.45, 7) is 8.42. The van der Waals surface area contributed by atoms with Crippen molar-refractivity contribution in [3.05, 3.63) is 143 Å². The summed E-state index contributed by atoms with van der Waals surface area (Å²) in [5, 5.41) is 14.1. The molecule has 0 spiro atoms. The molecule has 5 aromatic carbocycles. The summed E-state index contributed by atoms with van der Waals surface area (Å²) in [7, 11) is -4.11. The number of amides is 1. The molecule has 2 heterocycles. The van der Waals surface area contributed by atoms with Crippen LogP contribution in [0.4, 0.5) is 11.4 Å². The van der Waals surface area contributed by atoms with Crippen molar-refractivity contribution in [3.8, 4) is 11.1 Å². The number of hydrogen-bond donors (Lipinski definition) is 3. The minimum absolute atomic E-state index is 0.0314. The predicted molar refractivity (Wildman–Crippen MR) is 228 cm³/mol. The van der Waals surface area contributed by atoms with E-state index in [0.717, 1.165) is 79.0 Å². The highest BCUT2D eigenvalue weighted by atomic mass is 35.5. The number of anilines is 2. The highest BCUT2D eigenvalue weighted by Gasteiger charge is 2.26. The summed E-state index contributed by atoms with van der Waals surface area (Å²) in [4.78, 5) is 21.4. The van der Waals surface area contributed by atoms with Crippen LogP contribution in [0.15, 0.2) is 131 Å². The topological polar surface area (TPSA) is 105 Å². The zero-order valence-electron chi connectivity index (χ0n) is 31.5. The van der Waals surface area contributed by atoms with E-state index < -0.39 is 15.9 Å². The van der Waals surface area contributed by atoms with Crippen LogP contribution in [0.2, 0.25) is 5.02 Å². The number of aryl methyl sites for hydroxylation is 1. The van der Waals surface area contributed by atoms with Gasteiger partial charge < -0.3 is 15.3 Å². The Morgan fingerprint density at radius 1 is 0.857 bits per heavy atom. The SMILES string of the molecule is Cc1cc(S(=O)(=O)NC(=O)c2ccc(N3CCN(Cc4ccccc4-c4ccc(Cl)cc4)CC3)cc2)ccc1N[C@H](CCN1CC(O)C1)CSc1ccccc1. The zero-order valence-corrected chi connectivity index (χ0v) is 33.9. The molecule has 2 aliphatic rings. The third-order valence-corrected chi connectivity index (χ3v) is 13.2. The Balaban J connectivity index is 0.924. The van der Waals surface area contributed by atoms with Crippen LogP contribution in [0.5, 0.6) is 0 Å². The minimum atomic E-state index is -4.11. The van der Waals surface area contributed by atoms with E-state index in [4.69, 9.17) is 11.6 Å². The molecule has 0 saturated carbocycles. The fraction of sp³-hybridized carbons (Fsp3) is 0.295. The van der Waals surface area contributed by atoms with E-state index in [9.17, 15) is 18.3 Å². The number of rotatable bonds is 15. The quantitative estimate of drug-likeness (QED) is 0.0935. The van der Waals surface area contributed by atoms with Crippen LogP contribution in [0.1, 0.15) is 27.9 Å². The lowest BCUT2D eigenvalue weighted by Gasteiger charge is -2.36. The van der Waals surface area contributed by atoms with Crippen LogP contribution in [0, 0.1) is 6.92 Å². The van der Waals surface area contributed by atoms with Crippen LogP contribution in [-0.2, 0) is 16.6 Å². The van der Waals surface area contributed by atoms with Gasteiger partial charge in [-0.05, 0) is 102 Å². The summed E-state index contributed by atoms with van der Waals surface area (Å²) in [5.41, 5.74) is 6.51. The van der Waals surface area contributed by atoms with E-state index >= 15 is 0 Å². The molecule has 0 aliphatic carbocycles. The maximum absolute atomic E-state index is 13.4. The van der Waals surface area contributed by atoms with Crippen LogP contribution in [-0.4, -0.2) is 92.9 Å². The van der Waals surface area contributed by atoms with E-state index in [-0.39, 0.29) is 22.6 Å².